The lowest BCUT2D eigenvalue weighted by atomic mass is 10.2. The first kappa shape index (κ1) is 19.4. The number of primary sulfonamides is 1. The van der Waals surface area contributed by atoms with Gasteiger partial charge in [0.15, 0.2) is 0 Å². The predicted molar refractivity (Wildman–Crippen MR) is 111 cm³/mol. The summed E-state index contributed by atoms with van der Waals surface area (Å²) in [5, 5.41) is 18.0. The molecule has 2 aromatic heterocycles. The van der Waals surface area contributed by atoms with Crippen LogP contribution in [-0.4, -0.2) is 29.0 Å². The summed E-state index contributed by atoms with van der Waals surface area (Å²) in [6.45, 7) is 0. The van der Waals surface area contributed by atoms with Crippen LogP contribution >= 0.6 is 0 Å². The van der Waals surface area contributed by atoms with Gasteiger partial charge in [-0.05, 0) is 42.5 Å². The van der Waals surface area contributed by atoms with Gasteiger partial charge in [-0.25, -0.2) is 13.6 Å². The van der Waals surface area contributed by atoms with E-state index in [-0.39, 0.29) is 27.6 Å². The van der Waals surface area contributed by atoms with E-state index in [0.29, 0.717) is 16.7 Å². The third kappa shape index (κ3) is 3.69. The predicted octanol–water partition coefficient (Wildman–Crippen LogP) is 1.92. The smallest absolute Gasteiger partial charge is 0.272 e. The van der Waals surface area contributed by atoms with Crippen molar-refractivity contribution in [1.82, 2.24) is 9.55 Å². The fourth-order valence-corrected chi connectivity index (χ4v) is 3.64. The molecule has 2 aromatic carbocycles. The van der Waals surface area contributed by atoms with E-state index in [1.165, 1.54) is 47.0 Å². The number of phenolic OH excluding ortho intramolecular Hbond substituents is 1. The normalized spacial score (nSPS) is 11.5. The van der Waals surface area contributed by atoms with Gasteiger partial charge in [-0.2, -0.15) is 0 Å². The zero-order valence-corrected chi connectivity index (χ0v) is 16.2. The number of pyridine rings is 1. The molecule has 0 saturated heterocycles. The van der Waals surface area contributed by atoms with E-state index < -0.39 is 15.9 Å². The second-order valence-corrected chi connectivity index (χ2v) is 8.10. The first-order valence-electron chi connectivity index (χ1n) is 8.71. The highest BCUT2D eigenvalue weighted by Crippen LogP contribution is 2.21. The largest absolute Gasteiger partial charge is 0.508 e. The quantitative estimate of drug-likeness (QED) is 0.395. The van der Waals surface area contributed by atoms with E-state index in [1.807, 2.05) is 0 Å². The first-order chi connectivity index (χ1) is 14.2. The molecule has 0 aliphatic carbocycles. The Labute approximate surface area is 170 Å². The average Bonchev–Trinajstić information content (AvgIpc) is 3.12. The molecule has 0 atom stereocenters. The molecule has 0 aliphatic heterocycles. The number of nitrogens with one attached hydrogen (secondary N) is 2. The molecule has 9 nitrogen and oxygen atoms in total. The lowest BCUT2D eigenvalue weighted by Gasteiger charge is -2.08. The molecule has 4 rings (SSSR count). The lowest BCUT2D eigenvalue weighted by Crippen LogP contribution is -2.17. The molecule has 0 fully saturated rings. The van der Waals surface area contributed by atoms with Gasteiger partial charge >= 0.3 is 0 Å². The van der Waals surface area contributed by atoms with E-state index >= 15 is 0 Å². The van der Waals surface area contributed by atoms with Crippen molar-refractivity contribution in [3.63, 3.8) is 0 Å². The monoisotopic (exact) mass is 424 g/mol. The van der Waals surface area contributed by atoms with Crippen LogP contribution in [0.1, 0.15) is 10.5 Å². The van der Waals surface area contributed by atoms with Crippen molar-refractivity contribution in [3.05, 3.63) is 82.8 Å². The average molecular weight is 424 g/mol. The van der Waals surface area contributed by atoms with Crippen molar-refractivity contribution < 1.29 is 18.3 Å². The molecule has 0 unspecified atom stereocenters. The summed E-state index contributed by atoms with van der Waals surface area (Å²) in [6, 6.07) is 16.2. The van der Waals surface area contributed by atoms with Crippen molar-refractivity contribution in [1.29, 1.82) is 0 Å². The molecule has 0 bridgehead atoms. The topological polar surface area (TPSA) is 147 Å². The van der Waals surface area contributed by atoms with Gasteiger partial charge in [-0.3, -0.25) is 14.2 Å². The highest BCUT2D eigenvalue weighted by atomic mass is 32.2. The number of aromatic nitrogens is 2. The van der Waals surface area contributed by atoms with Crippen LogP contribution in [0.5, 0.6) is 5.75 Å². The molecule has 0 saturated carbocycles. The van der Waals surface area contributed by atoms with Crippen molar-refractivity contribution in [2.45, 2.75) is 4.90 Å². The number of nitrogens with two attached hydrogens (primary N) is 1. The Kier molecular flexibility index (Phi) is 4.65. The second-order valence-electron chi connectivity index (χ2n) is 6.54. The number of fused-ring (bicyclic) bond motifs is 1. The molecule has 152 valence electrons. The number of hydrogen-bond donors (Lipinski definition) is 4. The summed E-state index contributed by atoms with van der Waals surface area (Å²) in [7, 11) is -3.91. The molecule has 0 aliphatic rings. The van der Waals surface area contributed by atoms with Crippen LogP contribution in [0.25, 0.3) is 16.7 Å². The molecule has 0 spiro atoms. The van der Waals surface area contributed by atoms with E-state index in [2.05, 4.69) is 10.3 Å². The van der Waals surface area contributed by atoms with E-state index in [9.17, 15) is 23.1 Å². The Morgan fingerprint density at radius 3 is 2.53 bits per heavy atom. The highest BCUT2D eigenvalue weighted by Gasteiger charge is 2.15. The summed E-state index contributed by atoms with van der Waals surface area (Å²) in [6.07, 6.45) is 0. The number of aromatic hydroxyl groups is 1. The minimum absolute atomic E-state index is 0.00402. The maximum Gasteiger partial charge on any atom is 0.272 e. The number of hydrogen-bond acceptors (Lipinski definition) is 5. The van der Waals surface area contributed by atoms with Crippen molar-refractivity contribution in [2.24, 2.45) is 5.14 Å². The van der Waals surface area contributed by atoms with Crippen LogP contribution in [0.3, 0.4) is 0 Å². The molecular weight excluding hydrogens is 408 g/mol. The molecule has 30 heavy (non-hydrogen) atoms. The van der Waals surface area contributed by atoms with Gasteiger partial charge in [-0.15, -0.1) is 0 Å². The first-order valence-corrected chi connectivity index (χ1v) is 10.3. The molecule has 10 heteroatoms. The molecule has 1 amide bonds. The lowest BCUT2D eigenvalue weighted by molar-refractivity contribution is 0.102. The highest BCUT2D eigenvalue weighted by molar-refractivity contribution is 7.89. The SMILES string of the molecule is NS(=O)(=O)c1cccc(NC(=O)c2cc3ccc(=O)n(-c4cccc(O)c4)c3[nH]2)c1. The number of amides is 1. The van der Waals surface area contributed by atoms with Crippen LogP contribution in [0.4, 0.5) is 5.69 Å². The maximum absolute atomic E-state index is 12.7. The van der Waals surface area contributed by atoms with Gasteiger partial charge in [-0.1, -0.05) is 12.1 Å². The standard InChI is InChI=1S/C20H16N4O5S/c21-30(28,29)16-6-1-3-13(10-16)22-20(27)17-9-12-7-8-18(26)24(19(12)23-17)14-4-2-5-15(25)11-14/h1-11,23,25H,(H,22,27)(H2,21,28,29). The zero-order valence-electron chi connectivity index (χ0n) is 15.4. The summed E-state index contributed by atoms with van der Waals surface area (Å²) >= 11 is 0. The number of nitrogens with zero attached hydrogens (tertiary/aromatic N) is 1. The van der Waals surface area contributed by atoms with Crippen molar-refractivity contribution in [3.8, 4) is 11.4 Å². The summed E-state index contributed by atoms with van der Waals surface area (Å²) in [4.78, 5) is 27.9. The number of sulfonamides is 1. The molecule has 0 radical (unpaired) electrons. The summed E-state index contributed by atoms with van der Waals surface area (Å²) < 4.78 is 24.3. The van der Waals surface area contributed by atoms with Crippen LogP contribution in [-0.2, 0) is 10.0 Å². The number of carbonyl (C=O) groups is 1. The Balaban J connectivity index is 1.73. The fourth-order valence-electron chi connectivity index (χ4n) is 3.08. The summed E-state index contributed by atoms with van der Waals surface area (Å²) in [5.41, 5.74) is 0.862. The Bertz CT molecular complexity index is 1450. The van der Waals surface area contributed by atoms with Crippen LogP contribution < -0.4 is 16.0 Å². The van der Waals surface area contributed by atoms with E-state index in [1.54, 1.807) is 24.3 Å². The second kappa shape index (κ2) is 7.17. The number of benzene rings is 2. The third-order valence-electron chi connectivity index (χ3n) is 4.43. The minimum atomic E-state index is -3.91. The summed E-state index contributed by atoms with van der Waals surface area (Å²) in [5.74, 6) is -0.539. The van der Waals surface area contributed by atoms with Crippen molar-refractivity contribution in [2.75, 3.05) is 5.32 Å². The third-order valence-corrected chi connectivity index (χ3v) is 5.34. The Morgan fingerprint density at radius 1 is 1.03 bits per heavy atom. The van der Waals surface area contributed by atoms with Gasteiger partial charge in [0.1, 0.15) is 17.1 Å². The minimum Gasteiger partial charge on any atom is -0.508 e. The number of phenols is 1. The maximum atomic E-state index is 12.7. The number of rotatable bonds is 4. The molecule has 5 N–H and O–H groups in total. The Hall–Kier alpha value is -3.89. The van der Waals surface area contributed by atoms with E-state index in [0.717, 1.165) is 0 Å². The molecule has 4 aromatic rings. The van der Waals surface area contributed by atoms with Crippen LogP contribution in [0.15, 0.2) is 76.4 Å². The van der Waals surface area contributed by atoms with Gasteiger partial charge in [0.2, 0.25) is 10.0 Å². The van der Waals surface area contributed by atoms with Gasteiger partial charge in [0.05, 0.1) is 10.6 Å². The number of anilines is 1. The zero-order chi connectivity index (χ0) is 21.5. The molecular formula is C20H16N4O5S. The number of carbonyl (C=O) groups excluding carboxylic acids is 1. The number of H-pyrrole nitrogens is 1. The Morgan fingerprint density at radius 2 is 1.80 bits per heavy atom. The van der Waals surface area contributed by atoms with Gasteiger partial charge in [0, 0.05) is 23.2 Å². The fraction of sp³-hybridized carbons (Fsp3) is 0. The van der Waals surface area contributed by atoms with Gasteiger partial charge in [0.25, 0.3) is 11.5 Å². The van der Waals surface area contributed by atoms with Crippen LogP contribution in [0.2, 0.25) is 0 Å². The number of aromatic amines is 1. The van der Waals surface area contributed by atoms with Crippen molar-refractivity contribution >= 4 is 32.7 Å². The van der Waals surface area contributed by atoms with E-state index in [4.69, 9.17) is 5.14 Å². The van der Waals surface area contributed by atoms with Gasteiger partial charge < -0.3 is 15.4 Å². The van der Waals surface area contributed by atoms with Crippen LogP contribution in [0, 0.1) is 0 Å². The molecule has 2 heterocycles.